The van der Waals surface area contributed by atoms with E-state index in [1.54, 1.807) is 16.2 Å². The molecule has 2 aromatic carbocycles. The molecular weight excluding hydrogens is 382 g/mol. The molecule has 0 bridgehead atoms. The van der Waals surface area contributed by atoms with Crippen LogP contribution in [0.5, 0.6) is 5.75 Å². The second-order valence-corrected chi connectivity index (χ2v) is 7.43. The second kappa shape index (κ2) is 9.69. The lowest BCUT2D eigenvalue weighted by molar-refractivity contribution is -0.120. The van der Waals surface area contributed by atoms with Crippen molar-refractivity contribution in [3.63, 3.8) is 0 Å². The molecule has 5 nitrogen and oxygen atoms in total. The molecule has 0 aliphatic heterocycles. The molecule has 1 aromatic heterocycles. The number of benzene rings is 2. The van der Waals surface area contributed by atoms with Gasteiger partial charge < -0.3 is 9.64 Å². The average molecular weight is 406 g/mol. The summed E-state index contributed by atoms with van der Waals surface area (Å²) >= 11 is 1.54. The number of fused-ring (bicyclic) bond motifs is 1. The van der Waals surface area contributed by atoms with Gasteiger partial charge in [-0.25, -0.2) is 4.98 Å². The van der Waals surface area contributed by atoms with E-state index in [-0.39, 0.29) is 24.9 Å². The minimum atomic E-state index is -0.0912. The molecule has 0 aliphatic carbocycles. The normalized spacial score (nSPS) is 10.7. The van der Waals surface area contributed by atoms with E-state index in [4.69, 9.17) is 4.74 Å². The number of aryl methyl sites for hydroxylation is 1. The second-order valence-electron chi connectivity index (χ2n) is 6.42. The van der Waals surface area contributed by atoms with E-state index < -0.39 is 0 Å². The molecule has 0 atom stereocenters. The van der Waals surface area contributed by atoms with Gasteiger partial charge in [-0.1, -0.05) is 35.6 Å². The lowest BCUT2D eigenvalue weighted by atomic mass is 10.2. The van der Waals surface area contributed by atoms with Gasteiger partial charge in [-0.05, 0) is 50.8 Å². The number of hydrogen-bond acceptors (Lipinski definition) is 5. The largest absolute Gasteiger partial charge is 0.484 e. The Hall–Kier alpha value is -2.15. The molecule has 0 radical (unpaired) electrons. The van der Waals surface area contributed by atoms with Crippen molar-refractivity contribution in [2.75, 3.05) is 38.7 Å². The quantitative estimate of drug-likeness (QED) is 0.596. The Balaban J connectivity index is 0.00000261. The standard InChI is InChI=1S/C20H23N3O2S.ClH/c1-15-9-10-17-18(13-15)26-20(21-17)23(12-11-22(2)3)19(24)14-25-16-7-5-4-6-8-16;/h4-10,13H,11-12,14H2,1-3H3;1H. The lowest BCUT2D eigenvalue weighted by Gasteiger charge is -2.22. The number of amides is 1. The molecule has 27 heavy (non-hydrogen) atoms. The molecule has 1 amide bonds. The van der Waals surface area contributed by atoms with Crippen LogP contribution < -0.4 is 9.64 Å². The molecule has 144 valence electrons. The maximum absolute atomic E-state index is 12.8. The summed E-state index contributed by atoms with van der Waals surface area (Å²) in [5.74, 6) is 0.597. The molecule has 7 heteroatoms. The summed E-state index contributed by atoms with van der Waals surface area (Å²) in [6.07, 6.45) is 0. The van der Waals surface area contributed by atoms with Gasteiger partial charge in [-0.2, -0.15) is 0 Å². The van der Waals surface area contributed by atoms with Crippen LogP contribution in [0.3, 0.4) is 0 Å². The smallest absolute Gasteiger partial charge is 0.266 e. The summed E-state index contributed by atoms with van der Waals surface area (Å²) in [4.78, 5) is 21.3. The van der Waals surface area contributed by atoms with Crippen LogP contribution in [0.1, 0.15) is 5.56 Å². The van der Waals surface area contributed by atoms with E-state index in [9.17, 15) is 4.79 Å². The van der Waals surface area contributed by atoms with E-state index in [0.29, 0.717) is 17.4 Å². The first-order chi connectivity index (χ1) is 12.5. The van der Waals surface area contributed by atoms with Crippen molar-refractivity contribution < 1.29 is 9.53 Å². The molecule has 1 heterocycles. The number of halogens is 1. The third-order valence-corrected chi connectivity index (χ3v) is 4.98. The van der Waals surface area contributed by atoms with Gasteiger partial charge in [-0.3, -0.25) is 9.69 Å². The minimum absolute atomic E-state index is 0. The highest BCUT2D eigenvalue weighted by atomic mass is 35.5. The summed E-state index contributed by atoms with van der Waals surface area (Å²) < 4.78 is 6.73. The Morgan fingerprint density at radius 2 is 1.85 bits per heavy atom. The fourth-order valence-electron chi connectivity index (χ4n) is 2.50. The van der Waals surface area contributed by atoms with Crippen LogP contribution in [-0.2, 0) is 4.79 Å². The van der Waals surface area contributed by atoms with Gasteiger partial charge in [-0.15, -0.1) is 12.4 Å². The molecule has 0 N–H and O–H groups in total. The Kier molecular flexibility index (Phi) is 7.59. The molecular formula is C20H24ClN3O2S. The van der Waals surface area contributed by atoms with Gasteiger partial charge >= 0.3 is 0 Å². The predicted molar refractivity (Wildman–Crippen MR) is 114 cm³/mol. The van der Waals surface area contributed by atoms with E-state index in [1.807, 2.05) is 56.6 Å². The van der Waals surface area contributed by atoms with Gasteiger partial charge in [0, 0.05) is 13.1 Å². The van der Waals surface area contributed by atoms with Crippen LogP contribution in [-0.4, -0.2) is 49.6 Å². The first kappa shape index (κ1) is 21.2. The number of anilines is 1. The van der Waals surface area contributed by atoms with Gasteiger partial charge in [0.1, 0.15) is 5.75 Å². The van der Waals surface area contributed by atoms with Gasteiger partial charge in [0.2, 0.25) is 0 Å². The fraction of sp³-hybridized carbons (Fsp3) is 0.300. The van der Waals surface area contributed by atoms with Crippen molar-refractivity contribution in [1.82, 2.24) is 9.88 Å². The third kappa shape index (κ3) is 5.66. The van der Waals surface area contributed by atoms with Crippen LogP contribution >= 0.6 is 23.7 Å². The third-order valence-electron chi connectivity index (χ3n) is 3.94. The number of nitrogens with zero attached hydrogens (tertiary/aromatic N) is 3. The number of carbonyl (C=O) groups is 1. The van der Waals surface area contributed by atoms with Crippen LogP contribution in [0.25, 0.3) is 10.2 Å². The Labute approximate surface area is 170 Å². The Morgan fingerprint density at radius 3 is 2.56 bits per heavy atom. The fourth-order valence-corrected chi connectivity index (χ4v) is 3.61. The SMILES string of the molecule is Cc1ccc2nc(N(CCN(C)C)C(=O)COc3ccccc3)sc2c1.Cl. The molecule has 0 saturated carbocycles. The van der Waals surface area contributed by atoms with Crippen LogP contribution in [0.15, 0.2) is 48.5 Å². The minimum Gasteiger partial charge on any atom is -0.484 e. The maximum Gasteiger partial charge on any atom is 0.266 e. The highest BCUT2D eigenvalue weighted by Gasteiger charge is 2.20. The van der Waals surface area contributed by atoms with E-state index in [0.717, 1.165) is 16.8 Å². The van der Waals surface area contributed by atoms with Crippen molar-refractivity contribution in [3.8, 4) is 5.75 Å². The van der Waals surface area contributed by atoms with Crippen LogP contribution in [0, 0.1) is 6.92 Å². The summed E-state index contributed by atoms with van der Waals surface area (Å²) in [6.45, 7) is 3.38. The molecule has 3 aromatic rings. The summed E-state index contributed by atoms with van der Waals surface area (Å²) in [6, 6.07) is 15.5. The van der Waals surface area contributed by atoms with Crippen LogP contribution in [0.2, 0.25) is 0 Å². The number of likely N-dealkylation sites (N-methyl/N-ethyl adjacent to an activating group) is 1. The molecule has 0 aliphatic rings. The number of para-hydroxylation sites is 1. The first-order valence-corrected chi connectivity index (χ1v) is 9.35. The molecule has 3 rings (SSSR count). The zero-order valence-corrected chi connectivity index (χ0v) is 17.3. The van der Waals surface area contributed by atoms with Crippen molar-refractivity contribution in [1.29, 1.82) is 0 Å². The number of aromatic nitrogens is 1. The average Bonchev–Trinajstić information content (AvgIpc) is 3.03. The van der Waals surface area contributed by atoms with E-state index >= 15 is 0 Å². The first-order valence-electron chi connectivity index (χ1n) is 8.53. The summed E-state index contributed by atoms with van der Waals surface area (Å²) in [5.41, 5.74) is 2.11. The number of rotatable bonds is 7. The van der Waals surface area contributed by atoms with Gasteiger partial charge in [0.25, 0.3) is 5.91 Å². The molecule has 0 fully saturated rings. The van der Waals surface area contributed by atoms with Crippen molar-refractivity contribution in [2.24, 2.45) is 0 Å². The highest BCUT2D eigenvalue weighted by Crippen LogP contribution is 2.29. The maximum atomic E-state index is 12.8. The molecule has 0 unspecified atom stereocenters. The lowest BCUT2D eigenvalue weighted by Crippen LogP contribution is -2.39. The molecule has 0 spiro atoms. The Bertz CT molecular complexity index is 883. The van der Waals surface area contributed by atoms with Crippen molar-refractivity contribution >= 4 is 45.0 Å². The number of hydrogen-bond donors (Lipinski definition) is 0. The number of thiazole rings is 1. The predicted octanol–water partition coefficient (Wildman–Crippen LogP) is 4.00. The zero-order chi connectivity index (χ0) is 18.5. The van der Waals surface area contributed by atoms with Crippen molar-refractivity contribution in [3.05, 3.63) is 54.1 Å². The van der Waals surface area contributed by atoms with E-state index in [2.05, 4.69) is 22.9 Å². The molecule has 0 saturated heterocycles. The monoisotopic (exact) mass is 405 g/mol. The number of carbonyl (C=O) groups excluding carboxylic acids is 1. The van der Waals surface area contributed by atoms with Crippen molar-refractivity contribution in [2.45, 2.75) is 6.92 Å². The highest BCUT2D eigenvalue weighted by molar-refractivity contribution is 7.22. The van der Waals surface area contributed by atoms with Crippen LogP contribution in [0.4, 0.5) is 5.13 Å². The van der Waals surface area contributed by atoms with E-state index in [1.165, 1.54) is 5.56 Å². The topological polar surface area (TPSA) is 45.7 Å². The van der Waals surface area contributed by atoms with Gasteiger partial charge in [0.05, 0.1) is 10.2 Å². The van der Waals surface area contributed by atoms with Gasteiger partial charge in [0.15, 0.2) is 11.7 Å². The summed E-state index contributed by atoms with van der Waals surface area (Å²) in [5, 5.41) is 0.717. The zero-order valence-electron chi connectivity index (χ0n) is 15.7. The Morgan fingerprint density at radius 1 is 1.11 bits per heavy atom. The summed E-state index contributed by atoms with van der Waals surface area (Å²) in [7, 11) is 3.98. The number of ether oxygens (including phenoxy) is 1.